The number of hydrogen-bond donors (Lipinski definition) is 0. The van der Waals surface area contributed by atoms with E-state index in [1.807, 2.05) is 24.3 Å². The molecule has 0 aliphatic carbocycles. The molecule has 0 aliphatic rings. The van der Waals surface area contributed by atoms with Crippen LogP contribution in [0.4, 0.5) is 13.2 Å². The van der Waals surface area contributed by atoms with Crippen molar-refractivity contribution in [2.45, 2.75) is 17.8 Å². The highest BCUT2D eigenvalue weighted by Crippen LogP contribution is 2.33. The van der Waals surface area contributed by atoms with Crippen molar-refractivity contribution in [3.8, 4) is 0 Å². The molecule has 1 unspecified atom stereocenters. The van der Waals surface area contributed by atoms with E-state index in [4.69, 9.17) is 11.6 Å². The second-order valence-corrected chi connectivity index (χ2v) is 5.87. The predicted octanol–water partition coefficient (Wildman–Crippen LogP) is 5.41. The monoisotopic (exact) mass is 346 g/mol. The lowest BCUT2D eigenvalue weighted by Gasteiger charge is -2.14. The number of rotatable bonds is 5. The molecular weight excluding hydrogens is 337 g/mol. The van der Waals surface area contributed by atoms with Crippen molar-refractivity contribution >= 4 is 39.3 Å². The van der Waals surface area contributed by atoms with Crippen LogP contribution in [0.2, 0.25) is 0 Å². The van der Waals surface area contributed by atoms with Gasteiger partial charge in [0.05, 0.1) is 0 Å². The number of halogens is 5. The maximum atomic E-state index is 12.0. The van der Waals surface area contributed by atoms with Crippen molar-refractivity contribution in [1.29, 1.82) is 0 Å². The van der Waals surface area contributed by atoms with Crippen LogP contribution in [0.15, 0.2) is 28.7 Å². The van der Waals surface area contributed by atoms with Crippen molar-refractivity contribution in [2.75, 3.05) is 11.6 Å². The van der Waals surface area contributed by atoms with E-state index in [0.29, 0.717) is 12.3 Å². The molecule has 0 spiro atoms. The molecule has 0 aromatic heterocycles. The highest BCUT2D eigenvalue weighted by Gasteiger charge is 2.28. The Kier molecular flexibility index (Phi) is 6.17. The Hall–Kier alpha value is 0.130. The summed E-state index contributed by atoms with van der Waals surface area (Å²) in [5.74, 6) is 0.344. The molecule has 0 amide bonds. The van der Waals surface area contributed by atoms with Gasteiger partial charge in [0.1, 0.15) is 0 Å². The highest BCUT2D eigenvalue weighted by atomic mass is 79.9. The Balaban J connectivity index is 2.51. The van der Waals surface area contributed by atoms with E-state index in [1.54, 1.807) is 0 Å². The Morgan fingerprint density at radius 1 is 1.24 bits per heavy atom. The molecule has 0 aliphatic heterocycles. The lowest BCUT2D eigenvalue weighted by Crippen LogP contribution is -2.06. The summed E-state index contributed by atoms with van der Waals surface area (Å²) in [5.41, 5.74) is -3.18. The quantitative estimate of drug-likeness (QED) is 0.641. The summed E-state index contributed by atoms with van der Waals surface area (Å²) in [6.07, 6.45) is 0.426. The molecule has 1 aromatic carbocycles. The second kappa shape index (κ2) is 6.90. The molecule has 0 heterocycles. The Morgan fingerprint density at radius 3 is 2.29 bits per heavy atom. The minimum absolute atomic E-state index is 0.00719. The molecule has 0 radical (unpaired) electrons. The van der Waals surface area contributed by atoms with Crippen LogP contribution in [-0.4, -0.2) is 17.1 Å². The maximum absolute atomic E-state index is 12.0. The summed E-state index contributed by atoms with van der Waals surface area (Å²) in [6.45, 7) is 0. The summed E-state index contributed by atoms with van der Waals surface area (Å²) in [7, 11) is 0. The average molecular weight is 348 g/mol. The first-order valence-electron chi connectivity index (χ1n) is 4.94. The first kappa shape index (κ1) is 15.2. The standard InChI is InChI=1S/C11H11BrClF3S/c12-10-3-1-8(2-4-10)9(7-13)5-6-17-11(14,15)16/h1-4,9H,5-7H2. The lowest BCUT2D eigenvalue weighted by atomic mass is 9.99. The normalized spacial score (nSPS) is 13.7. The lowest BCUT2D eigenvalue weighted by molar-refractivity contribution is -0.0328. The zero-order valence-electron chi connectivity index (χ0n) is 8.81. The van der Waals surface area contributed by atoms with Gasteiger partial charge in [-0.2, -0.15) is 13.2 Å². The summed E-state index contributed by atoms with van der Waals surface area (Å²) in [5, 5.41) is 0. The molecule has 1 aromatic rings. The fourth-order valence-corrected chi connectivity index (χ4v) is 2.62. The van der Waals surface area contributed by atoms with Crippen LogP contribution < -0.4 is 0 Å². The minimum Gasteiger partial charge on any atom is -0.160 e. The van der Waals surface area contributed by atoms with E-state index in [2.05, 4.69) is 15.9 Å². The van der Waals surface area contributed by atoms with Crippen molar-refractivity contribution in [1.82, 2.24) is 0 Å². The number of hydrogen-bond acceptors (Lipinski definition) is 1. The van der Waals surface area contributed by atoms with E-state index < -0.39 is 5.51 Å². The summed E-state index contributed by atoms with van der Waals surface area (Å²) in [4.78, 5) is 0. The van der Waals surface area contributed by atoms with E-state index >= 15 is 0 Å². The van der Waals surface area contributed by atoms with Crippen LogP contribution in [0.1, 0.15) is 17.9 Å². The van der Waals surface area contributed by atoms with Crippen molar-refractivity contribution in [2.24, 2.45) is 0 Å². The van der Waals surface area contributed by atoms with Crippen LogP contribution in [-0.2, 0) is 0 Å². The van der Waals surface area contributed by atoms with Gasteiger partial charge in [-0.1, -0.05) is 39.8 Å². The van der Waals surface area contributed by atoms with Gasteiger partial charge in [0.15, 0.2) is 0 Å². The fraction of sp³-hybridized carbons (Fsp3) is 0.455. The van der Waals surface area contributed by atoms with Crippen LogP contribution in [0.3, 0.4) is 0 Å². The summed E-state index contributed by atoms with van der Waals surface area (Å²) >= 11 is 9.11. The third-order valence-electron chi connectivity index (χ3n) is 2.26. The van der Waals surface area contributed by atoms with Gasteiger partial charge in [-0.05, 0) is 30.0 Å². The maximum Gasteiger partial charge on any atom is 0.441 e. The van der Waals surface area contributed by atoms with Crippen molar-refractivity contribution in [3.63, 3.8) is 0 Å². The van der Waals surface area contributed by atoms with E-state index in [1.165, 1.54) is 0 Å². The van der Waals surface area contributed by atoms with Crippen molar-refractivity contribution < 1.29 is 13.2 Å². The van der Waals surface area contributed by atoms with Gasteiger partial charge in [0.25, 0.3) is 0 Å². The third-order valence-corrected chi connectivity index (χ3v) is 3.93. The minimum atomic E-state index is -4.16. The predicted molar refractivity (Wildman–Crippen MR) is 70.7 cm³/mol. The zero-order chi connectivity index (χ0) is 12.9. The molecular formula is C11H11BrClF3S. The summed E-state index contributed by atoms with van der Waals surface area (Å²) < 4.78 is 36.9. The molecule has 0 fully saturated rings. The molecule has 0 bridgehead atoms. The van der Waals surface area contributed by atoms with Crippen LogP contribution in [0, 0.1) is 0 Å². The van der Waals surface area contributed by atoms with E-state index in [0.717, 1.165) is 10.0 Å². The molecule has 1 rings (SSSR count). The van der Waals surface area contributed by atoms with Crippen LogP contribution in [0.5, 0.6) is 0 Å². The first-order chi connectivity index (χ1) is 7.92. The first-order valence-corrected chi connectivity index (χ1v) is 7.26. The second-order valence-electron chi connectivity index (χ2n) is 3.49. The largest absolute Gasteiger partial charge is 0.441 e. The highest BCUT2D eigenvalue weighted by molar-refractivity contribution is 9.10. The van der Waals surface area contributed by atoms with Gasteiger partial charge in [0, 0.05) is 16.1 Å². The Morgan fingerprint density at radius 2 is 1.82 bits per heavy atom. The Bertz CT molecular complexity index is 340. The number of thioether (sulfide) groups is 1. The molecule has 0 N–H and O–H groups in total. The van der Waals surface area contributed by atoms with E-state index in [9.17, 15) is 13.2 Å². The molecule has 0 saturated heterocycles. The number of alkyl halides is 4. The molecule has 1 atom stereocenters. The molecule has 6 heteroatoms. The fourth-order valence-electron chi connectivity index (χ4n) is 1.38. The smallest absolute Gasteiger partial charge is 0.160 e. The van der Waals surface area contributed by atoms with Gasteiger partial charge in [-0.25, -0.2) is 0 Å². The van der Waals surface area contributed by atoms with Gasteiger partial charge in [0.2, 0.25) is 0 Å². The summed E-state index contributed by atoms with van der Waals surface area (Å²) in [6, 6.07) is 7.50. The molecule has 0 saturated carbocycles. The van der Waals surface area contributed by atoms with Gasteiger partial charge >= 0.3 is 5.51 Å². The van der Waals surface area contributed by atoms with Crippen LogP contribution in [0.25, 0.3) is 0 Å². The third kappa shape index (κ3) is 6.02. The van der Waals surface area contributed by atoms with Crippen molar-refractivity contribution in [3.05, 3.63) is 34.3 Å². The average Bonchev–Trinajstić information content (AvgIpc) is 2.24. The number of benzene rings is 1. The zero-order valence-corrected chi connectivity index (χ0v) is 12.0. The van der Waals surface area contributed by atoms with Gasteiger partial charge in [-0.15, -0.1) is 11.6 Å². The van der Waals surface area contributed by atoms with Crippen LogP contribution >= 0.6 is 39.3 Å². The molecule has 17 heavy (non-hydrogen) atoms. The van der Waals surface area contributed by atoms with E-state index in [-0.39, 0.29) is 23.4 Å². The molecule has 0 nitrogen and oxygen atoms in total. The SMILES string of the molecule is FC(F)(F)SCCC(CCl)c1ccc(Br)cc1. The van der Waals surface area contributed by atoms with Gasteiger partial charge < -0.3 is 0 Å². The topological polar surface area (TPSA) is 0 Å². The Labute approximate surface area is 116 Å². The molecule has 96 valence electrons. The van der Waals surface area contributed by atoms with Gasteiger partial charge in [-0.3, -0.25) is 0 Å².